The molecule has 0 heterocycles. The molecule has 7 heteroatoms. The molecular weight excluding hydrogens is 613 g/mol. The SMILES string of the molecule is CCCCCCCOc1c(O)c(C(=O)O)c(I)c(I)c1I. The zero-order valence-electron chi connectivity index (χ0n) is 11.6. The lowest BCUT2D eigenvalue weighted by molar-refractivity contribution is 0.0691. The van der Waals surface area contributed by atoms with Gasteiger partial charge in [-0.1, -0.05) is 32.6 Å². The molecule has 1 aromatic carbocycles. The van der Waals surface area contributed by atoms with Crippen LogP contribution in [0, 0.1) is 10.7 Å². The fraction of sp³-hybridized carbons (Fsp3) is 0.500. The zero-order chi connectivity index (χ0) is 16.0. The summed E-state index contributed by atoms with van der Waals surface area (Å²) in [5, 5.41) is 19.4. The zero-order valence-corrected chi connectivity index (χ0v) is 18.1. The van der Waals surface area contributed by atoms with Gasteiger partial charge in [0.25, 0.3) is 0 Å². The summed E-state index contributed by atoms with van der Waals surface area (Å²) in [6.45, 7) is 2.65. The van der Waals surface area contributed by atoms with E-state index in [2.05, 4.69) is 52.1 Å². The van der Waals surface area contributed by atoms with E-state index in [0.717, 1.165) is 20.0 Å². The van der Waals surface area contributed by atoms with Gasteiger partial charge >= 0.3 is 5.97 Å². The van der Waals surface area contributed by atoms with Gasteiger partial charge < -0.3 is 14.9 Å². The summed E-state index contributed by atoms with van der Waals surface area (Å²) in [6.07, 6.45) is 5.57. The second-order valence-electron chi connectivity index (χ2n) is 4.56. The molecule has 4 nitrogen and oxygen atoms in total. The van der Waals surface area contributed by atoms with E-state index in [0.29, 0.717) is 10.2 Å². The molecule has 1 rings (SSSR count). The maximum atomic E-state index is 11.3. The molecule has 21 heavy (non-hydrogen) atoms. The minimum atomic E-state index is -1.14. The lowest BCUT2D eigenvalue weighted by Gasteiger charge is -2.15. The molecule has 0 aromatic heterocycles. The van der Waals surface area contributed by atoms with Gasteiger partial charge in [-0.25, -0.2) is 4.79 Å². The van der Waals surface area contributed by atoms with Crippen LogP contribution in [0.2, 0.25) is 0 Å². The summed E-state index contributed by atoms with van der Waals surface area (Å²) in [4.78, 5) is 11.3. The largest absolute Gasteiger partial charge is 0.504 e. The number of hydrogen-bond acceptors (Lipinski definition) is 3. The van der Waals surface area contributed by atoms with Crippen molar-refractivity contribution in [3.05, 3.63) is 16.3 Å². The number of benzene rings is 1. The van der Waals surface area contributed by atoms with E-state index in [1.807, 2.05) is 22.6 Å². The van der Waals surface area contributed by atoms with Crippen LogP contribution >= 0.6 is 67.8 Å². The Morgan fingerprint density at radius 1 is 1.05 bits per heavy atom. The second-order valence-corrected chi connectivity index (χ2v) is 7.80. The van der Waals surface area contributed by atoms with Crippen molar-refractivity contribution >= 4 is 73.7 Å². The molecule has 118 valence electrons. The molecule has 0 aliphatic rings. The Balaban J connectivity index is 2.85. The summed E-state index contributed by atoms with van der Waals surface area (Å²) >= 11 is 6.10. The number of phenols is 1. The van der Waals surface area contributed by atoms with Crippen molar-refractivity contribution in [3.63, 3.8) is 0 Å². The fourth-order valence-electron chi connectivity index (χ4n) is 1.83. The van der Waals surface area contributed by atoms with Gasteiger partial charge in [-0.15, -0.1) is 0 Å². The van der Waals surface area contributed by atoms with Crippen molar-refractivity contribution in [1.82, 2.24) is 0 Å². The Morgan fingerprint density at radius 3 is 2.24 bits per heavy atom. The average Bonchev–Trinajstić information content (AvgIpc) is 2.43. The van der Waals surface area contributed by atoms with Crippen LogP contribution in [-0.4, -0.2) is 22.8 Å². The topological polar surface area (TPSA) is 66.8 Å². The van der Waals surface area contributed by atoms with E-state index < -0.39 is 5.97 Å². The van der Waals surface area contributed by atoms with Crippen LogP contribution < -0.4 is 4.74 Å². The van der Waals surface area contributed by atoms with E-state index >= 15 is 0 Å². The molecule has 0 amide bonds. The number of aromatic hydroxyl groups is 1. The van der Waals surface area contributed by atoms with Crippen molar-refractivity contribution in [2.75, 3.05) is 6.61 Å². The smallest absolute Gasteiger partial charge is 0.340 e. The standard InChI is InChI=1S/C14H17I3O4/c1-2-3-4-5-6-7-21-13-11(17)10(16)9(15)8(12(13)18)14(19)20/h18H,2-7H2,1H3,(H,19,20). The van der Waals surface area contributed by atoms with E-state index in [9.17, 15) is 15.0 Å². The molecule has 0 bridgehead atoms. The van der Waals surface area contributed by atoms with E-state index in [1.54, 1.807) is 0 Å². The molecule has 0 radical (unpaired) electrons. The monoisotopic (exact) mass is 630 g/mol. The predicted molar refractivity (Wildman–Crippen MR) is 107 cm³/mol. The number of ether oxygens (including phenoxy) is 1. The third kappa shape index (κ3) is 5.26. The van der Waals surface area contributed by atoms with E-state index in [-0.39, 0.29) is 17.1 Å². The number of aromatic carboxylic acids is 1. The molecular formula is C14H17I3O4. The Bertz CT molecular complexity index is 518. The lowest BCUT2D eigenvalue weighted by atomic mass is 10.1. The first-order chi connectivity index (χ1) is 9.91. The van der Waals surface area contributed by atoms with Crippen LogP contribution in [0.5, 0.6) is 11.5 Å². The third-order valence-electron chi connectivity index (χ3n) is 2.96. The van der Waals surface area contributed by atoms with Gasteiger partial charge in [0, 0.05) is 7.14 Å². The molecule has 0 fully saturated rings. The molecule has 0 aliphatic carbocycles. The van der Waals surface area contributed by atoms with Gasteiger partial charge in [-0.2, -0.15) is 0 Å². The first-order valence-corrected chi connectivity index (χ1v) is 9.90. The first kappa shape index (κ1) is 19.5. The van der Waals surface area contributed by atoms with Gasteiger partial charge in [0.1, 0.15) is 5.56 Å². The van der Waals surface area contributed by atoms with Crippen molar-refractivity contribution in [2.45, 2.75) is 39.0 Å². The van der Waals surface area contributed by atoms with Crippen molar-refractivity contribution in [1.29, 1.82) is 0 Å². The number of carboxylic acid groups (broad SMARTS) is 1. The summed E-state index contributed by atoms with van der Waals surface area (Å²) in [7, 11) is 0. The highest BCUT2D eigenvalue weighted by atomic mass is 127. The Labute approximate surface area is 165 Å². The van der Waals surface area contributed by atoms with Crippen LogP contribution in [0.25, 0.3) is 0 Å². The van der Waals surface area contributed by atoms with Crippen LogP contribution in [-0.2, 0) is 0 Å². The van der Waals surface area contributed by atoms with Gasteiger partial charge in [0.2, 0.25) is 0 Å². The van der Waals surface area contributed by atoms with Crippen molar-refractivity contribution in [2.24, 2.45) is 0 Å². The van der Waals surface area contributed by atoms with E-state index in [4.69, 9.17) is 4.74 Å². The van der Waals surface area contributed by atoms with Gasteiger partial charge in [-0.3, -0.25) is 0 Å². The highest BCUT2D eigenvalue weighted by molar-refractivity contribution is 14.1. The molecule has 1 aromatic rings. The minimum absolute atomic E-state index is 0.0820. The molecule has 0 atom stereocenters. The lowest BCUT2D eigenvalue weighted by Crippen LogP contribution is -2.08. The number of carboxylic acids is 1. The third-order valence-corrected chi connectivity index (χ3v) is 8.22. The summed E-state index contributed by atoms with van der Waals surface area (Å²) in [6, 6.07) is 0. The number of hydrogen-bond donors (Lipinski definition) is 2. The highest BCUT2D eigenvalue weighted by Crippen LogP contribution is 2.41. The molecule has 0 spiro atoms. The summed E-state index contributed by atoms with van der Waals surface area (Å²) < 4.78 is 7.74. The fourth-order valence-corrected chi connectivity index (χ4v) is 4.30. The van der Waals surface area contributed by atoms with Crippen LogP contribution in [0.1, 0.15) is 49.4 Å². The average molecular weight is 630 g/mol. The van der Waals surface area contributed by atoms with Gasteiger partial charge in [0.15, 0.2) is 11.5 Å². The maximum absolute atomic E-state index is 11.3. The maximum Gasteiger partial charge on any atom is 0.340 e. The molecule has 0 saturated carbocycles. The molecule has 0 aliphatic heterocycles. The minimum Gasteiger partial charge on any atom is -0.504 e. The summed E-state index contributed by atoms with van der Waals surface area (Å²) in [5.41, 5.74) is -0.0820. The second kappa shape index (κ2) is 9.58. The van der Waals surface area contributed by atoms with Crippen LogP contribution in [0.4, 0.5) is 0 Å². The van der Waals surface area contributed by atoms with Gasteiger partial charge in [-0.05, 0) is 74.2 Å². The van der Waals surface area contributed by atoms with E-state index in [1.165, 1.54) is 19.3 Å². The Hall–Kier alpha value is 0.480. The van der Waals surface area contributed by atoms with Crippen molar-refractivity contribution < 1.29 is 19.7 Å². The molecule has 0 unspecified atom stereocenters. The first-order valence-electron chi connectivity index (χ1n) is 6.67. The normalized spacial score (nSPS) is 10.7. The molecule has 2 N–H and O–H groups in total. The number of halogens is 3. The van der Waals surface area contributed by atoms with Crippen LogP contribution in [0.3, 0.4) is 0 Å². The number of rotatable bonds is 8. The van der Waals surface area contributed by atoms with Crippen molar-refractivity contribution in [3.8, 4) is 11.5 Å². The molecule has 0 saturated heterocycles. The number of carbonyl (C=O) groups is 1. The van der Waals surface area contributed by atoms with Gasteiger partial charge in [0.05, 0.1) is 10.2 Å². The highest BCUT2D eigenvalue weighted by Gasteiger charge is 2.25. The van der Waals surface area contributed by atoms with Crippen LogP contribution in [0.15, 0.2) is 0 Å². The quantitative estimate of drug-likeness (QED) is 0.234. The summed E-state index contributed by atoms with van der Waals surface area (Å²) in [5.74, 6) is -1.13. The number of unbranched alkanes of at least 4 members (excludes halogenated alkanes) is 4. The Kier molecular flexibility index (Phi) is 8.91. The Morgan fingerprint density at radius 2 is 1.67 bits per heavy atom. The predicted octanol–water partition coefficient (Wildman–Crippen LogP) is 5.25.